The molecule has 0 fully saturated rings. The van der Waals surface area contributed by atoms with Crippen LogP contribution >= 0.6 is 11.6 Å². The highest BCUT2D eigenvalue weighted by Crippen LogP contribution is 2.24. The molecular formula is C12H17ClN4O. The quantitative estimate of drug-likeness (QED) is 0.782. The summed E-state index contributed by atoms with van der Waals surface area (Å²) in [4.78, 5) is 12.8. The van der Waals surface area contributed by atoms with Gasteiger partial charge < -0.3 is 4.74 Å². The topological polar surface area (TPSA) is 52.8 Å². The zero-order valence-corrected chi connectivity index (χ0v) is 11.6. The zero-order valence-electron chi connectivity index (χ0n) is 10.9. The largest absolute Gasteiger partial charge is 0.358 e. The molecule has 98 valence electrons. The summed E-state index contributed by atoms with van der Waals surface area (Å²) in [5.41, 5.74) is 1.36. The van der Waals surface area contributed by atoms with E-state index in [2.05, 4.69) is 21.9 Å². The lowest BCUT2D eigenvalue weighted by Crippen LogP contribution is -2.12. The molecule has 2 aromatic heterocycles. The number of aryl methyl sites for hydroxylation is 1. The summed E-state index contributed by atoms with van der Waals surface area (Å²) >= 11 is 6.07. The van der Waals surface area contributed by atoms with E-state index in [-0.39, 0.29) is 6.23 Å². The molecule has 1 atom stereocenters. The third-order valence-corrected chi connectivity index (χ3v) is 2.96. The second kappa shape index (κ2) is 5.63. The van der Waals surface area contributed by atoms with E-state index in [0.717, 1.165) is 18.5 Å². The van der Waals surface area contributed by atoms with Crippen molar-refractivity contribution < 1.29 is 4.74 Å². The predicted octanol–water partition coefficient (Wildman–Crippen LogP) is 3.12. The Hall–Kier alpha value is -1.20. The number of aromatic nitrogens is 4. The highest BCUT2D eigenvalue weighted by molar-refractivity contribution is 6.33. The molecule has 0 aliphatic rings. The first-order valence-corrected chi connectivity index (χ1v) is 6.53. The number of nitrogens with zero attached hydrogens (tertiary/aromatic N) is 4. The van der Waals surface area contributed by atoms with Gasteiger partial charge in [-0.3, -0.25) is 4.57 Å². The molecule has 0 aliphatic heterocycles. The number of hydrogen-bond donors (Lipinski definition) is 0. The monoisotopic (exact) mass is 268 g/mol. The molecule has 0 saturated carbocycles. The normalized spacial score (nSPS) is 13.1. The number of imidazole rings is 1. The molecule has 0 aromatic carbocycles. The van der Waals surface area contributed by atoms with Crippen LogP contribution in [-0.2, 0) is 4.74 Å². The van der Waals surface area contributed by atoms with Crippen LogP contribution < -0.4 is 0 Å². The fourth-order valence-corrected chi connectivity index (χ4v) is 2.19. The molecule has 2 aromatic rings. The van der Waals surface area contributed by atoms with Crippen molar-refractivity contribution in [2.24, 2.45) is 0 Å². The SMILES string of the molecule is CCCC(OCC)n1cnc2c(Cl)nc(C)nc21. The van der Waals surface area contributed by atoms with Gasteiger partial charge in [0.15, 0.2) is 10.8 Å². The van der Waals surface area contributed by atoms with Gasteiger partial charge in [-0.2, -0.15) is 0 Å². The van der Waals surface area contributed by atoms with Crippen molar-refractivity contribution in [1.82, 2.24) is 19.5 Å². The maximum Gasteiger partial charge on any atom is 0.167 e. The molecule has 2 rings (SSSR count). The lowest BCUT2D eigenvalue weighted by Gasteiger charge is -2.18. The van der Waals surface area contributed by atoms with Crippen molar-refractivity contribution in [3.05, 3.63) is 17.3 Å². The molecule has 5 nitrogen and oxygen atoms in total. The molecule has 0 aliphatic carbocycles. The Morgan fingerprint density at radius 3 is 2.83 bits per heavy atom. The van der Waals surface area contributed by atoms with E-state index in [4.69, 9.17) is 16.3 Å². The first-order valence-electron chi connectivity index (χ1n) is 6.15. The highest BCUT2D eigenvalue weighted by atomic mass is 35.5. The summed E-state index contributed by atoms with van der Waals surface area (Å²) in [5, 5.41) is 0.392. The molecule has 0 saturated heterocycles. The second-order valence-corrected chi connectivity index (χ2v) is 4.44. The van der Waals surface area contributed by atoms with Crippen molar-refractivity contribution in [2.45, 2.75) is 39.8 Å². The van der Waals surface area contributed by atoms with Gasteiger partial charge in [-0.05, 0) is 20.3 Å². The van der Waals surface area contributed by atoms with Crippen LogP contribution in [0.25, 0.3) is 11.2 Å². The Bertz CT molecular complexity index is 534. The van der Waals surface area contributed by atoms with Gasteiger partial charge in [0.25, 0.3) is 0 Å². The van der Waals surface area contributed by atoms with E-state index in [1.165, 1.54) is 0 Å². The third kappa shape index (κ3) is 2.47. The summed E-state index contributed by atoms with van der Waals surface area (Å²) in [6, 6.07) is 0. The lowest BCUT2D eigenvalue weighted by molar-refractivity contribution is 0.00610. The fraction of sp³-hybridized carbons (Fsp3) is 0.583. The van der Waals surface area contributed by atoms with Gasteiger partial charge in [0.1, 0.15) is 17.6 Å². The summed E-state index contributed by atoms with van der Waals surface area (Å²) < 4.78 is 7.67. The summed E-state index contributed by atoms with van der Waals surface area (Å²) in [7, 11) is 0. The van der Waals surface area contributed by atoms with Gasteiger partial charge >= 0.3 is 0 Å². The van der Waals surface area contributed by atoms with Crippen LogP contribution in [0, 0.1) is 6.92 Å². The molecule has 0 N–H and O–H groups in total. The van der Waals surface area contributed by atoms with Crippen LogP contribution in [0.5, 0.6) is 0 Å². The average Bonchev–Trinajstić information content (AvgIpc) is 2.72. The van der Waals surface area contributed by atoms with Crippen molar-refractivity contribution in [2.75, 3.05) is 6.61 Å². The maximum atomic E-state index is 6.07. The summed E-state index contributed by atoms with van der Waals surface area (Å²) in [6.45, 7) is 6.58. The highest BCUT2D eigenvalue weighted by Gasteiger charge is 2.16. The molecule has 2 heterocycles. The van der Waals surface area contributed by atoms with Crippen LogP contribution in [0.4, 0.5) is 0 Å². The van der Waals surface area contributed by atoms with E-state index >= 15 is 0 Å². The Kier molecular flexibility index (Phi) is 4.14. The van der Waals surface area contributed by atoms with Crippen LogP contribution in [0.3, 0.4) is 0 Å². The molecule has 0 amide bonds. The van der Waals surface area contributed by atoms with Gasteiger partial charge in [-0.25, -0.2) is 15.0 Å². The Balaban J connectivity index is 2.49. The van der Waals surface area contributed by atoms with Crippen molar-refractivity contribution in [3.63, 3.8) is 0 Å². The van der Waals surface area contributed by atoms with Gasteiger partial charge in [0.2, 0.25) is 0 Å². The summed E-state index contributed by atoms with van der Waals surface area (Å²) in [6.07, 6.45) is 3.62. The molecule has 1 unspecified atom stereocenters. The number of rotatable bonds is 5. The number of halogens is 1. The van der Waals surface area contributed by atoms with E-state index < -0.39 is 0 Å². The third-order valence-electron chi connectivity index (χ3n) is 2.70. The van der Waals surface area contributed by atoms with E-state index in [0.29, 0.717) is 23.1 Å². The molecular weight excluding hydrogens is 252 g/mol. The maximum absolute atomic E-state index is 6.07. The summed E-state index contributed by atoms with van der Waals surface area (Å²) in [5.74, 6) is 0.640. The smallest absolute Gasteiger partial charge is 0.167 e. The van der Waals surface area contributed by atoms with E-state index in [1.807, 2.05) is 18.4 Å². The van der Waals surface area contributed by atoms with E-state index in [1.54, 1.807) is 6.33 Å². The van der Waals surface area contributed by atoms with Crippen LogP contribution in [0.15, 0.2) is 6.33 Å². The standard InChI is InChI=1S/C12H17ClN4O/c1-4-6-9(18-5-2)17-7-14-10-11(13)15-8(3)16-12(10)17/h7,9H,4-6H2,1-3H3. The molecule has 0 spiro atoms. The van der Waals surface area contributed by atoms with Gasteiger partial charge in [0.05, 0.1) is 6.33 Å². The number of fused-ring (bicyclic) bond motifs is 1. The predicted molar refractivity (Wildman–Crippen MR) is 70.6 cm³/mol. The first-order chi connectivity index (χ1) is 8.67. The lowest BCUT2D eigenvalue weighted by atomic mass is 10.3. The van der Waals surface area contributed by atoms with Crippen LogP contribution in [0.1, 0.15) is 38.7 Å². The Labute approximate surface area is 111 Å². The molecule has 0 bridgehead atoms. The van der Waals surface area contributed by atoms with Gasteiger partial charge in [0, 0.05) is 6.61 Å². The van der Waals surface area contributed by atoms with Crippen LogP contribution in [0.2, 0.25) is 5.15 Å². The van der Waals surface area contributed by atoms with Gasteiger partial charge in [-0.1, -0.05) is 24.9 Å². The Morgan fingerprint density at radius 2 is 2.17 bits per heavy atom. The van der Waals surface area contributed by atoms with E-state index in [9.17, 15) is 0 Å². The molecule has 6 heteroatoms. The number of ether oxygens (including phenoxy) is 1. The minimum atomic E-state index is -0.0460. The minimum absolute atomic E-state index is 0.0460. The van der Waals surface area contributed by atoms with Crippen LogP contribution in [-0.4, -0.2) is 26.1 Å². The molecule has 18 heavy (non-hydrogen) atoms. The number of hydrogen-bond acceptors (Lipinski definition) is 4. The van der Waals surface area contributed by atoms with Gasteiger partial charge in [-0.15, -0.1) is 0 Å². The molecule has 0 radical (unpaired) electrons. The van der Waals surface area contributed by atoms with Crippen molar-refractivity contribution in [3.8, 4) is 0 Å². The zero-order chi connectivity index (χ0) is 13.1. The van der Waals surface area contributed by atoms with Crippen molar-refractivity contribution >= 4 is 22.8 Å². The Morgan fingerprint density at radius 1 is 1.39 bits per heavy atom. The fourth-order valence-electron chi connectivity index (χ4n) is 1.94. The second-order valence-electron chi connectivity index (χ2n) is 4.08. The average molecular weight is 269 g/mol. The first kappa shape index (κ1) is 13.2. The minimum Gasteiger partial charge on any atom is -0.358 e. The van der Waals surface area contributed by atoms with Crippen molar-refractivity contribution in [1.29, 1.82) is 0 Å².